The molecule has 0 bridgehead atoms. The van der Waals surface area contributed by atoms with Gasteiger partial charge in [0.1, 0.15) is 0 Å². The third-order valence-electron chi connectivity index (χ3n) is 5.36. The SMILES string of the molecule is CCCCCCC1CCC(CCc2ccc(C#N)cc2)CC1. The predicted octanol–water partition coefficient (Wildman–Crippen LogP) is 6.27. The normalized spacial score (nSPS) is 21.5. The monoisotopic (exact) mass is 297 g/mol. The third kappa shape index (κ3) is 5.84. The van der Waals surface area contributed by atoms with E-state index in [0.717, 1.165) is 17.4 Å². The minimum Gasteiger partial charge on any atom is -0.192 e. The summed E-state index contributed by atoms with van der Waals surface area (Å²) in [5.41, 5.74) is 2.16. The molecular weight excluding hydrogens is 266 g/mol. The number of nitriles is 1. The second-order valence-electron chi connectivity index (χ2n) is 7.08. The van der Waals surface area contributed by atoms with Crippen LogP contribution in [0.5, 0.6) is 0 Å². The van der Waals surface area contributed by atoms with Crippen molar-refractivity contribution < 1.29 is 0 Å². The standard InChI is InChI=1S/C21H31N/c1-2-3-4-5-6-18-7-9-19(10-8-18)11-12-20-13-15-21(17-22)16-14-20/h13-16,18-19H,2-12H2,1H3. The molecule has 1 nitrogen and oxygen atoms in total. The molecule has 1 fully saturated rings. The van der Waals surface area contributed by atoms with E-state index in [1.54, 1.807) is 0 Å². The first-order chi connectivity index (χ1) is 10.8. The van der Waals surface area contributed by atoms with Crippen LogP contribution in [0, 0.1) is 23.2 Å². The van der Waals surface area contributed by atoms with Crippen LogP contribution in [-0.4, -0.2) is 0 Å². The fourth-order valence-corrected chi connectivity index (χ4v) is 3.79. The summed E-state index contributed by atoms with van der Waals surface area (Å²) in [7, 11) is 0. The van der Waals surface area contributed by atoms with Crippen molar-refractivity contribution in [2.24, 2.45) is 11.8 Å². The zero-order valence-electron chi connectivity index (χ0n) is 14.2. The molecule has 22 heavy (non-hydrogen) atoms. The third-order valence-corrected chi connectivity index (χ3v) is 5.36. The maximum absolute atomic E-state index is 8.83. The van der Waals surface area contributed by atoms with Crippen LogP contribution >= 0.6 is 0 Å². The number of unbranched alkanes of at least 4 members (excludes halogenated alkanes) is 3. The summed E-state index contributed by atoms with van der Waals surface area (Å²) in [6.45, 7) is 2.29. The van der Waals surface area contributed by atoms with Gasteiger partial charge in [0.2, 0.25) is 0 Å². The van der Waals surface area contributed by atoms with Crippen LogP contribution in [0.1, 0.15) is 82.3 Å². The maximum atomic E-state index is 8.83. The molecule has 0 radical (unpaired) electrons. The minimum atomic E-state index is 0.771. The first-order valence-electron chi connectivity index (χ1n) is 9.31. The number of hydrogen-bond donors (Lipinski definition) is 0. The minimum absolute atomic E-state index is 0.771. The van der Waals surface area contributed by atoms with Gasteiger partial charge in [-0.15, -0.1) is 0 Å². The molecular formula is C21H31N. The summed E-state index contributed by atoms with van der Waals surface area (Å²) < 4.78 is 0. The number of benzene rings is 1. The molecule has 1 aromatic carbocycles. The molecule has 0 saturated heterocycles. The highest BCUT2D eigenvalue weighted by Crippen LogP contribution is 2.34. The van der Waals surface area contributed by atoms with Crippen LogP contribution in [-0.2, 0) is 6.42 Å². The van der Waals surface area contributed by atoms with Gasteiger partial charge in [0.15, 0.2) is 0 Å². The van der Waals surface area contributed by atoms with Crippen molar-refractivity contribution in [1.29, 1.82) is 5.26 Å². The molecule has 1 aliphatic rings. The summed E-state index contributed by atoms with van der Waals surface area (Å²) in [4.78, 5) is 0. The van der Waals surface area contributed by atoms with Gasteiger partial charge in [-0.1, -0.05) is 76.8 Å². The highest BCUT2D eigenvalue weighted by Gasteiger charge is 2.20. The van der Waals surface area contributed by atoms with Gasteiger partial charge in [0, 0.05) is 0 Å². The van der Waals surface area contributed by atoms with Gasteiger partial charge in [0.05, 0.1) is 11.6 Å². The molecule has 0 N–H and O–H groups in total. The Morgan fingerprint density at radius 3 is 2.14 bits per heavy atom. The summed E-state index contributed by atoms with van der Waals surface area (Å²) in [6, 6.07) is 10.3. The average molecular weight is 297 g/mol. The van der Waals surface area contributed by atoms with E-state index >= 15 is 0 Å². The van der Waals surface area contributed by atoms with Crippen molar-refractivity contribution in [1.82, 2.24) is 0 Å². The van der Waals surface area contributed by atoms with Crippen LogP contribution in [0.15, 0.2) is 24.3 Å². The number of nitrogens with zero attached hydrogens (tertiary/aromatic N) is 1. The number of aryl methyl sites for hydroxylation is 1. The molecule has 0 aliphatic heterocycles. The lowest BCUT2D eigenvalue weighted by Gasteiger charge is -2.28. The molecule has 0 heterocycles. The van der Waals surface area contributed by atoms with Gasteiger partial charge >= 0.3 is 0 Å². The van der Waals surface area contributed by atoms with Gasteiger partial charge in [-0.05, 0) is 42.4 Å². The topological polar surface area (TPSA) is 23.8 Å². The smallest absolute Gasteiger partial charge is 0.0991 e. The van der Waals surface area contributed by atoms with E-state index in [1.807, 2.05) is 12.1 Å². The molecule has 120 valence electrons. The Bertz CT molecular complexity index is 446. The summed E-state index contributed by atoms with van der Waals surface area (Å²) in [6.07, 6.45) is 15.4. The highest BCUT2D eigenvalue weighted by molar-refractivity contribution is 5.31. The van der Waals surface area contributed by atoms with E-state index in [9.17, 15) is 0 Å². The Labute approximate surface area is 136 Å². The Balaban J connectivity index is 1.61. The molecule has 1 heteroatoms. The van der Waals surface area contributed by atoms with Crippen molar-refractivity contribution in [3.63, 3.8) is 0 Å². The largest absolute Gasteiger partial charge is 0.192 e. The molecule has 1 saturated carbocycles. The number of rotatable bonds is 8. The second kappa shape index (κ2) is 9.67. The quantitative estimate of drug-likeness (QED) is 0.519. The van der Waals surface area contributed by atoms with Crippen LogP contribution < -0.4 is 0 Å². The lowest BCUT2D eigenvalue weighted by atomic mass is 9.77. The van der Waals surface area contributed by atoms with Crippen LogP contribution in [0.4, 0.5) is 0 Å². The van der Waals surface area contributed by atoms with E-state index in [-0.39, 0.29) is 0 Å². The molecule has 1 aromatic rings. The van der Waals surface area contributed by atoms with Gasteiger partial charge < -0.3 is 0 Å². The lowest BCUT2D eigenvalue weighted by molar-refractivity contribution is 0.249. The Morgan fingerprint density at radius 1 is 0.909 bits per heavy atom. The zero-order valence-corrected chi connectivity index (χ0v) is 14.2. The van der Waals surface area contributed by atoms with Crippen molar-refractivity contribution >= 4 is 0 Å². The molecule has 0 aromatic heterocycles. The second-order valence-corrected chi connectivity index (χ2v) is 7.08. The maximum Gasteiger partial charge on any atom is 0.0991 e. The zero-order chi connectivity index (χ0) is 15.6. The van der Waals surface area contributed by atoms with E-state index in [4.69, 9.17) is 5.26 Å². The van der Waals surface area contributed by atoms with E-state index in [2.05, 4.69) is 25.1 Å². The summed E-state index contributed by atoms with van der Waals surface area (Å²) in [5, 5.41) is 8.83. The van der Waals surface area contributed by atoms with E-state index in [0.29, 0.717) is 0 Å². The van der Waals surface area contributed by atoms with Crippen LogP contribution in [0.3, 0.4) is 0 Å². The van der Waals surface area contributed by atoms with Crippen LogP contribution in [0.2, 0.25) is 0 Å². The summed E-state index contributed by atoms with van der Waals surface area (Å²) in [5.74, 6) is 1.95. The van der Waals surface area contributed by atoms with E-state index < -0.39 is 0 Å². The Hall–Kier alpha value is -1.29. The van der Waals surface area contributed by atoms with Gasteiger partial charge in [-0.3, -0.25) is 0 Å². The molecule has 0 spiro atoms. The average Bonchev–Trinajstić information content (AvgIpc) is 2.58. The van der Waals surface area contributed by atoms with Crippen molar-refractivity contribution in [3.05, 3.63) is 35.4 Å². The first-order valence-corrected chi connectivity index (χ1v) is 9.31. The summed E-state index contributed by atoms with van der Waals surface area (Å²) >= 11 is 0. The highest BCUT2D eigenvalue weighted by atomic mass is 14.3. The Kier molecular flexibility index (Phi) is 7.50. The van der Waals surface area contributed by atoms with Crippen molar-refractivity contribution in [3.8, 4) is 6.07 Å². The fraction of sp³-hybridized carbons (Fsp3) is 0.667. The van der Waals surface area contributed by atoms with Crippen molar-refractivity contribution in [2.45, 2.75) is 77.6 Å². The molecule has 1 aliphatic carbocycles. The molecule has 2 rings (SSSR count). The van der Waals surface area contributed by atoms with Gasteiger partial charge in [-0.2, -0.15) is 5.26 Å². The molecule has 0 atom stereocenters. The first kappa shape index (κ1) is 17.1. The van der Waals surface area contributed by atoms with Crippen molar-refractivity contribution in [2.75, 3.05) is 0 Å². The van der Waals surface area contributed by atoms with Crippen LogP contribution in [0.25, 0.3) is 0 Å². The molecule has 0 unspecified atom stereocenters. The fourth-order valence-electron chi connectivity index (χ4n) is 3.79. The van der Waals surface area contributed by atoms with E-state index in [1.165, 1.54) is 76.2 Å². The number of hydrogen-bond acceptors (Lipinski definition) is 1. The molecule has 0 amide bonds. The predicted molar refractivity (Wildman–Crippen MR) is 93.7 cm³/mol. The van der Waals surface area contributed by atoms with Gasteiger partial charge in [-0.25, -0.2) is 0 Å². The van der Waals surface area contributed by atoms with Gasteiger partial charge in [0.25, 0.3) is 0 Å². The lowest BCUT2D eigenvalue weighted by Crippen LogP contribution is -2.15. The Morgan fingerprint density at radius 2 is 1.55 bits per heavy atom.